The van der Waals surface area contributed by atoms with Gasteiger partial charge in [-0.15, -0.1) is 0 Å². The maximum Gasteiger partial charge on any atom is 0.137 e. The Labute approximate surface area is 120 Å². The number of rotatable bonds is 4. The molecule has 2 aromatic heterocycles. The molecule has 4 heteroatoms. The van der Waals surface area contributed by atoms with E-state index in [-0.39, 0.29) is 0 Å². The lowest BCUT2D eigenvalue weighted by Gasteiger charge is -2.40. The summed E-state index contributed by atoms with van der Waals surface area (Å²) in [4.78, 5) is 7.44. The Hall–Kier alpha value is -1.39. The van der Waals surface area contributed by atoms with E-state index >= 15 is 0 Å². The van der Waals surface area contributed by atoms with E-state index in [2.05, 4.69) is 52.1 Å². The van der Waals surface area contributed by atoms with Crippen molar-refractivity contribution in [1.29, 1.82) is 0 Å². The number of likely N-dealkylation sites (tertiary alicyclic amines) is 1. The fourth-order valence-electron chi connectivity index (χ4n) is 3.51. The van der Waals surface area contributed by atoms with Gasteiger partial charge in [0.15, 0.2) is 0 Å². The predicted octanol–water partition coefficient (Wildman–Crippen LogP) is 2.33. The molecule has 1 fully saturated rings. The molecule has 108 valence electrons. The number of pyridine rings is 1. The quantitative estimate of drug-likeness (QED) is 0.927. The Bertz CT molecular complexity index is 527. The van der Waals surface area contributed by atoms with Crippen molar-refractivity contribution in [3.05, 3.63) is 36.3 Å². The molecular formula is C16H24N4. The third-order valence-electron chi connectivity index (χ3n) is 4.42. The van der Waals surface area contributed by atoms with Gasteiger partial charge >= 0.3 is 0 Å². The molecule has 0 aliphatic carbocycles. The molecule has 2 atom stereocenters. The van der Waals surface area contributed by atoms with E-state index in [1.807, 2.05) is 7.05 Å². The Balaban J connectivity index is 1.97. The topological polar surface area (TPSA) is 32.6 Å². The minimum atomic E-state index is 0.445. The fourth-order valence-corrected chi connectivity index (χ4v) is 3.51. The summed E-state index contributed by atoms with van der Waals surface area (Å²) in [5.41, 5.74) is 2.27. The summed E-state index contributed by atoms with van der Waals surface area (Å²) in [7, 11) is 2.05. The molecule has 3 heterocycles. The second kappa shape index (κ2) is 5.94. The third kappa shape index (κ3) is 2.45. The standard InChI is InChI=1S/C16H24N4/c1-3-19-10-6-7-13(11-17-2)16(19)14-12-20-9-5-4-8-15(20)18-14/h4-5,8-9,12-13,16-17H,3,6-7,10-11H2,1-2H3. The zero-order chi connectivity index (χ0) is 13.9. The number of aromatic nitrogens is 2. The highest BCUT2D eigenvalue weighted by atomic mass is 15.2. The summed E-state index contributed by atoms with van der Waals surface area (Å²) in [6.45, 7) is 5.60. The average molecular weight is 272 g/mol. The maximum absolute atomic E-state index is 4.86. The third-order valence-corrected chi connectivity index (χ3v) is 4.42. The van der Waals surface area contributed by atoms with E-state index in [1.54, 1.807) is 0 Å². The van der Waals surface area contributed by atoms with Crippen molar-refractivity contribution in [2.75, 3.05) is 26.7 Å². The van der Waals surface area contributed by atoms with Gasteiger partial charge in [0.05, 0.1) is 11.7 Å². The Morgan fingerprint density at radius 3 is 3.05 bits per heavy atom. The largest absolute Gasteiger partial charge is 0.319 e. The Morgan fingerprint density at radius 2 is 2.30 bits per heavy atom. The molecule has 1 aliphatic heterocycles. The average Bonchev–Trinajstić information content (AvgIpc) is 2.90. The highest BCUT2D eigenvalue weighted by Crippen LogP contribution is 2.35. The molecule has 0 aromatic carbocycles. The first-order valence-corrected chi connectivity index (χ1v) is 7.65. The van der Waals surface area contributed by atoms with E-state index in [0.717, 1.165) is 18.7 Å². The smallest absolute Gasteiger partial charge is 0.137 e. The Kier molecular flexibility index (Phi) is 4.03. The predicted molar refractivity (Wildman–Crippen MR) is 81.8 cm³/mol. The van der Waals surface area contributed by atoms with Gasteiger partial charge in [0.1, 0.15) is 5.65 Å². The van der Waals surface area contributed by atoms with Crippen LogP contribution in [0.25, 0.3) is 5.65 Å². The molecular weight excluding hydrogens is 248 g/mol. The fraction of sp³-hybridized carbons (Fsp3) is 0.562. The molecule has 1 N–H and O–H groups in total. The van der Waals surface area contributed by atoms with Crippen molar-refractivity contribution in [2.24, 2.45) is 5.92 Å². The van der Waals surface area contributed by atoms with Crippen molar-refractivity contribution in [1.82, 2.24) is 19.6 Å². The van der Waals surface area contributed by atoms with Gasteiger partial charge in [-0.05, 0) is 57.6 Å². The normalized spacial score (nSPS) is 24.3. The van der Waals surface area contributed by atoms with Crippen LogP contribution in [0.4, 0.5) is 0 Å². The number of nitrogens with zero attached hydrogens (tertiary/aromatic N) is 3. The van der Waals surface area contributed by atoms with Crippen molar-refractivity contribution in [3.63, 3.8) is 0 Å². The molecule has 0 bridgehead atoms. The lowest BCUT2D eigenvalue weighted by atomic mass is 9.87. The van der Waals surface area contributed by atoms with Crippen LogP contribution in [0.5, 0.6) is 0 Å². The summed E-state index contributed by atoms with van der Waals surface area (Å²) in [6, 6.07) is 6.63. The number of piperidine rings is 1. The number of fused-ring (bicyclic) bond motifs is 1. The summed E-state index contributed by atoms with van der Waals surface area (Å²) in [5, 5.41) is 3.35. The molecule has 0 saturated carbocycles. The van der Waals surface area contributed by atoms with Gasteiger partial charge in [-0.3, -0.25) is 4.90 Å². The van der Waals surface area contributed by atoms with Crippen LogP contribution in [0.15, 0.2) is 30.6 Å². The van der Waals surface area contributed by atoms with Gasteiger partial charge in [-0.1, -0.05) is 13.0 Å². The molecule has 20 heavy (non-hydrogen) atoms. The van der Waals surface area contributed by atoms with Crippen molar-refractivity contribution < 1.29 is 0 Å². The number of imidazole rings is 1. The minimum Gasteiger partial charge on any atom is -0.319 e. The minimum absolute atomic E-state index is 0.445. The first-order valence-electron chi connectivity index (χ1n) is 7.65. The van der Waals surface area contributed by atoms with Crippen LogP contribution in [-0.4, -0.2) is 41.0 Å². The first kappa shape index (κ1) is 13.6. The maximum atomic E-state index is 4.86. The highest BCUT2D eigenvalue weighted by molar-refractivity contribution is 5.40. The lowest BCUT2D eigenvalue weighted by Crippen LogP contribution is -2.42. The van der Waals surface area contributed by atoms with E-state index in [4.69, 9.17) is 4.98 Å². The van der Waals surface area contributed by atoms with Gasteiger partial charge in [-0.2, -0.15) is 0 Å². The molecule has 4 nitrogen and oxygen atoms in total. The van der Waals surface area contributed by atoms with E-state index in [0.29, 0.717) is 12.0 Å². The molecule has 1 saturated heterocycles. The van der Waals surface area contributed by atoms with Crippen LogP contribution < -0.4 is 5.32 Å². The van der Waals surface area contributed by atoms with E-state index in [1.165, 1.54) is 25.1 Å². The molecule has 2 aromatic rings. The van der Waals surface area contributed by atoms with Crippen LogP contribution in [-0.2, 0) is 0 Å². The molecule has 0 spiro atoms. The SMILES string of the molecule is CCN1CCCC(CNC)C1c1cn2ccccc2n1. The molecule has 1 aliphatic rings. The highest BCUT2D eigenvalue weighted by Gasteiger charge is 2.32. The van der Waals surface area contributed by atoms with Crippen LogP contribution >= 0.6 is 0 Å². The molecule has 0 amide bonds. The molecule has 3 rings (SSSR count). The van der Waals surface area contributed by atoms with Crippen molar-refractivity contribution in [3.8, 4) is 0 Å². The Morgan fingerprint density at radius 1 is 1.40 bits per heavy atom. The van der Waals surface area contributed by atoms with E-state index < -0.39 is 0 Å². The van der Waals surface area contributed by atoms with Gasteiger partial charge in [-0.25, -0.2) is 4.98 Å². The second-order valence-corrected chi connectivity index (χ2v) is 5.67. The van der Waals surface area contributed by atoms with Crippen molar-refractivity contribution >= 4 is 5.65 Å². The summed E-state index contributed by atoms with van der Waals surface area (Å²) >= 11 is 0. The number of nitrogens with one attached hydrogen (secondary N) is 1. The van der Waals surface area contributed by atoms with Crippen LogP contribution in [0.2, 0.25) is 0 Å². The van der Waals surface area contributed by atoms with Crippen LogP contribution in [0.3, 0.4) is 0 Å². The molecule has 2 unspecified atom stereocenters. The van der Waals surface area contributed by atoms with Crippen molar-refractivity contribution in [2.45, 2.75) is 25.8 Å². The second-order valence-electron chi connectivity index (χ2n) is 5.67. The summed E-state index contributed by atoms with van der Waals surface area (Å²) in [5.74, 6) is 0.651. The van der Waals surface area contributed by atoms with E-state index in [9.17, 15) is 0 Å². The molecule has 0 radical (unpaired) electrons. The summed E-state index contributed by atoms with van der Waals surface area (Å²) < 4.78 is 2.13. The number of hydrogen-bond acceptors (Lipinski definition) is 3. The number of hydrogen-bond donors (Lipinski definition) is 1. The van der Waals surface area contributed by atoms with Gasteiger partial charge in [0, 0.05) is 12.4 Å². The van der Waals surface area contributed by atoms with Crippen LogP contribution in [0, 0.1) is 5.92 Å². The van der Waals surface area contributed by atoms with Gasteiger partial charge in [0.25, 0.3) is 0 Å². The zero-order valence-electron chi connectivity index (χ0n) is 12.4. The van der Waals surface area contributed by atoms with Crippen LogP contribution in [0.1, 0.15) is 31.5 Å². The van der Waals surface area contributed by atoms with Gasteiger partial charge < -0.3 is 9.72 Å². The monoisotopic (exact) mass is 272 g/mol. The summed E-state index contributed by atoms with van der Waals surface area (Å²) in [6.07, 6.45) is 6.87. The zero-order valence-corrected chi connectivity index (χ0v) is 12.4. The lowest BCUT2D eigenvalue weighted by molar-refractivity contribution is 0.0955. The first-order chi connectivity index (χ1) is 9.83. The van der Waals surface area contributed by atoms with Gasteiger partial charge in [0.2, 0.25) is 0 Å².